The van der Waals surface area contributed by atoms with Crippen LogP contribution in [0.5, 0.6) is 11.5 Å². The summed E-state index contributed by atoms with van der Waals surface area (Å²) >= 11 is 0. The summed E-state index contributed by atoms with van der Waals surface area (Å²) in [5, 5.41) is 0. The van der Waals surface area contributed by atoms with Crippen LogP contribution in [0.25, 0.3) is 33.7 Å². The molecule has 0 saturated heterocycles. The zero-order chi connectivity index (χ0) is 23.0. The van der Waals surface area contributed by atoms with Crippen molar-refractivity contribution in [3.05, 3.63) is 96.7 Å². The molecular formula is C29H25N3OPd. The van der Waals surface area contributed by atoms with Crippen LogP contribution in [0.2, 0.25) is 0 Å². The number of fused-ring (bicyclic) bond motifs is 1. The number of imidazole rings is 1. The first-order chi connectivity index (χ1) is 15.9. The van der Waals surface area contributed by atoms with Gasteiger partial charge in [0.05, 0.1) is 16.9 Å². The van der Waals surface area contributed by atoms with Crippen LogP contribution in [0.4, 0.5) is 0 Å². The Hall–Kier alpha value is -3.26. The van der Waals surface area contributed by atoms with Crippen LogP contribution in [0.1, 0.15) is 26.3 Å². The molecule has 5 heteroatoms. The summed E-state index contributed by atoms with van der Waals surface area (Å²) < 4.78 is 8.21. The van der Waals surface area contributed by atoms with E-state index in [0.717, 1.165) is 33.7 Å². The van der Waals surface area contributed by atoms with Crippen LogP contribution in [0.3, 0.4) is 0 Å². The van der Waals surface area contributed by atoms with Crippen LogP contribution in [-0.4, -0.2) is 14.5 Å². The summed E-state index contributed by atoms with van der Waals surface area (Å²) in [7, 11) is 2.02. The minimum Gasteiger partial charge on any atom is -0.497 e. The molecule has 0 unspecified atom stereocenters. The number of ether oxygens (including phenoxy) is 1. The summed E-state index contributed by atoms with van der Waals surface area (Å²) in [6, 6.07) is 30.7. The second-order valence-corrected chi connectivity index (χ2v) is 9.12. The monoisotopic (exact) mass is 537 g/mol. The van der Waals surface area contributed by atoms with Gasteiger partial charge in [-0.05, 0) is 34.9 Å². The van der Waals surface area contributed by atoms with Gasteiger partial charge in [0.1, 0.15) is 0 Å². The van der Waals surface area contributed by atoms with E-state index < -0.39 is 0 Å². The van der Waals surface area contributed by atoms with E-state index in [1.54, 1.807) is 0 Å². The van der Waals surface area contributed by atoms with E-state index in [-0.39, 0.29) is 25.8 Å². The summed E-state index contributed by atoms with van der Waals surface area (Å²) in [6.45, 7) is 6.59. The van der Waals surface area contributed by atoms with E-state index in [2.05, 4.69) is 60.7 Å². The average molecular weight is 538 g/mol. The Balaban J connectivity index is 0.00000274. The van der Waals surface area contributed by atoms with Gasteiger partial charge in [-0.15, -0.1) is 47.5 Å². The number of nitrogens with zero attached hydrogens (tertiary/aromatic N) is 3. The molecule has 0 atom stereocenters. The summed E-state index contributed by atoms with van der Waals surface area (Å²) in [5.74, 6) is 2.08. The van der Waals surface area contributed by atoms with Crippen LogP contribution >= 0.6 is 0 Å². The van der Waals surface area contributed by atoms with Gasteiger partial charge in [0.2, 0.25) is 0 Å². The quantitative estimate of drug-likeness (QED) is 0.183. The molecule has 2 aromatic heterocycles. The number of aryl methyl sites for hydroxylation is 1. The largest absolute Gasteiger partial charge is 2.00 e. The third kappa shape index (κ3) is 4.82. The van der Waals surface area contributed by atoms with Crippen molar-refractivity contribution in [2.75, 3.05) is 0 Å². The molecule has 0 aliphatic heterocycles. The topological polar surface area (TPSA) is 39.9 Å². The van der Waals surface area contributed by atoms with Gasteiger partial charge in [-0.25, -0.2) is 0 Å². The SMILES string of the molecule is Cn1c(-c2[c-]c(Oc3[c-]c(-c4cc(C(C)(C)C)ccn4)ccc3)ccc2)nc2ccccc21.[Pd+2]. The number of aromatic nitrogens is 3. The number of pyridine rings is 1. The molecule has 0 N–H and O–H groups in total. The molecule has 34 heavy (non-hydrogen) atoms. The summed E-state index contributed by atoms with van der Waals surface area (Å²) in [5.41, 5.74) is 5.98. The third-order valence-electron chi connectivity index (χ3n) is 5.69. The molecule has 172 valence electrons. The number of benzene rings is 3. The van der Waals surface area contributed by atoms with Gasteiger partial charge in [-0.3, -0.25) is 4.98 Å². The molecule has 0 aliphatic carbocycles. The maximum atomic E-state index is 6.14. The van der Waals surface area contributed by atoms with Gasteiger partial charge < -0.3 is 14.3 Å². The standard InChI is InChI=1S/C29H25N3O.Pd/c1-29(2,3)22-15-16-30-26(19-22)20-9-7-11-23(17-20)33-24-12-8-10-21(18-24)28-31-25-13-5-6-14-27(25)32(28)4;/h5-16,19H,1-4H3;/q-2;+2. The molecule has 5 rings (SSSR count). The second kappa shape index (κ2) is 9.54. The molecule has 0 radical (unpaired) electrons. The first-order valence-electron chi connectivity index (χ1n) is 11.0. The van der Waals surface area contributed by atoms with Gasteiger partial charge in [-0.1, -0.05) is 51.1 Å². The molecule has 0 bridgehead atoms. The van der Waals surface area contributed by atoms with Crippen molar-refractivity contribution in [2.45, 2.75) is 26.2 Å². The van der Waals surface area contributed by atoms with Crippen molar-refractivity contribution in [3.63, 3.8) is 0 Å². The predicted molar refractivity (Wildman–Crippen MR) is 132 cm³/mol. The van der Waals surface area contributed by atoms with E-state index in [1.165, 1.54) is 5.56 Å². The molecular weight excluding hydrogens is 513 g/mol. The Bertz CT molecular complexity index is 1450. The Morgan fingerprint density at radius 1 is 0.824 bits per heavy atom. The van der Waals surface area contributed by atoms with Crippen molar-refractivity contribution in [1.82, 2.24) is 14.5 Å². The number of rotatable bonds is 4. The summed E-state index contributed by atoms with van der Waals surface area (Å²) in [6.07, 6.45) is 1.85. The normalized spacial score (nSPS) is 11.3. The third-order valence-corrected chi connectivity index (χ3v) is 5.69. The van der Waals surface area contributed by atoms with Crippen molar-refractivity contribution < 1.29 is 25.2 Å². The molecule has 2 heterocycles. The second-order valence-electron chi connectivity index (χ2n) is 9.12. The van der Waals surface area contributed by atoms with E-state index in [4.69, 9.17) is 9.72 Å². The van der Waals surface area contributed by atoms with Crippen molar-refractivity contribution in [3.8, 4) is 34.1 Å². The van der Waals surface area contributed by atoms with E-state index in [9.17, 15) is 0 Å². The molecule has 0 saturated carbocycles. The fourth-order valence-corrected chi connectivity index (χ4v) is 3.84. The molecule has 0 spiro atoms. The Morgan fingerprint density at radius 3 is 2.21 bits per heavy atom. The van der Waals surface area contributed by atoms with Crippen molar-refractivity contribution in [2.24, 2.45) is 7.05 Å². The van der Waals surface area contributed by atoms with Gasteiger partial charge in [0.15, 0.2) is 0 Å². The fourth-order valence-electron chi connectivity index (χ4n) is 3.84. The zero-order valence-corrected chi connectivity index (χ0v) is 21.1. The van der Waals surface area contributed by atoms with Crippen LogP contribution in [-0.2, 0) is 32.9 Å². The number of hydrogen-bond donors (Lipinski definition) is 0. The van der Waals surface area contributed by atoms with Crippen LogP contribution < -0.4 is 4.74 Å². The van der Waals surface area contributed by atoms with E-state index in [1.807, 2.05) is 67.8 Å². The Morgan fingerprint density at radius 2 is 1.50 bits per heavy atom. The molecule has 0 amide bonds. The number of hydrogen-bond acceptors (Lipinski definition) is 3. The van der Waals surface area contributed by atoms with Gasteiger partial charge in [0, 0.05) is 24.7 Å². The molecule has 4 nitrogen and oxygen atoms in total. The van der Waals surface area contributed by atoms with Crippen molar-refractivity contribution >= 4 is 11.0 Å². The first-order valence-corrected chi connectivity index (χ1v) is 11.0. The van der Waals surface area contributed by atoms with E-state index in [0.29, 0.717) is 11.5 Å². The smallest absolute Gasteiger partial charge is 0.497 e. The van der Waals surface area contributed by atoms with Gasteiger partial charge in [0.25, 0.3) is 0 Å². The van der Waals surface area contributed by atoms with Gasteiger partial charge >= 0.3 is 20.4 Å². The minimum atomic E-state index is 0. The van der Waals surface area contributed by atoms with Crippen LogP contribution in [0.15, 0.2) is 79.0 Å². The van der Waals surface area contributed by atoms with Crippen LogP contribution in [0, 0.1) is 12.1 Å². The minimum absolute atomic E-state index is 0. The molecule has 0 fully saturated rings. The summed E-state index contributed by atoms with van der Waals surface area (Å²) in [4.78, 5) is 9.32. The van der Waals surface area contributed by atoms with E-state index >= 15 is 0 Å². The molecule has 3 aromatic carbocycles. The van der Waals surface area contributed by atoms with Gasteiger partial charge in [-0.2, -0.15) is 0 Å². The maximum absolute atomic E-state index is 6.14. The zero-order valence-electron chi connectivity index (χ0n) is 19.6. The first kappa shape index (κ1) is 23.9. The maximum Gasteiger partial charge on any atom is 2.00 e. The molecule has 0 aliphatic rings. The average Bonchev–Trinajstić information content (AvgIpc) is 3.16. The Labute approximate surface area is 214 Å². The fraction of sp³-hybridized carbons (Fsp3) is 0.172. The Kier molecular flexibility index (Phi) is 6.70. The number of para-hydroxylation sites is 2. The van der Waals surface area contributed by atoms with Crippen molar-refractivity contribution in [1.29, 1.82) is 0 Å². The predicted octanol–water partition coefficient (Wildman–Crippen LogP) is 6.99. The molecule has 5 aromatic rings.